The monoisotopic (exact) mass is 677 g/mol. The van der Waals surface area contributed by atoms with Crippen LogP contribution >= 0.6 is 0 Å². The molecule has 2 aliphatic carbocycles. The molecule has 0 bridgehead atoms. The second-order valence-corrected chi connectivity index (χ2v) is 15.0. The van der Waals surface area contributed by atoms with E-state index in [1.807, 2.05) is 36.4 Å². The Bertz CT molecular complexity index is 1510. The van der Waals surface area contributed by atoms with E-state index >= 15 is 0 Å². The van der Waals surface area contributed by atoms with Crippen molar-refractivity contribution in [2.24, 2.45) is 11.8 Å². The van der Waals surface area contributed by atoms with Crippen molar-refractivity contribution in [1.82, 2.24) is 25.8 Å². The van der Waals surface area contributed by atoms with E-state index in [0.717, 1.165) is 43.2 Å². The van der Waals surface area contributed by atoms with E-state index < -0.39 is 59.2 Å². The van der Waals surface area contributed by atoms with Crippen LogP contribution in [0.25, 0.3) is 0 Å². The zero-order chi connectivity index (χ0) is 34.9. The topological polar surface area (TPSA) is 163 Å². The number of imide groups is 1. The van der Waals surface area contributed by atoms with Gasteiger partial charge in [0.25, 0.3) is 5.91 Å². The first-order valence-corrected chi connectivity index (χ1v) is 17.5. The summed E-state index contributed by atoms with van der Waals surface area (Å²) in [5.41, 5.74) is -0.0700. The zero-order valence-corrected chi connectivity index (χ0v) is 28.5. The summed E-state index contributed by atoms with van der Waals surface area (Å²) in [5.74, 6) is -2.50. The Hall–Kier alpha value is -4.42. The van der Waals surface area contributed by atoms with Crippen molar-refractivity contribution in [3.05, 3.63) is 47.5 Å². The van der Waals surface area contributed by atoms with Crippen molar-refractivity contribution in [2.75, 3.05) is 6.54 Å². The van der Waals surface area contributed by atoms with E-state index in [-0.39, 0.29) is 30.7 Å². The average molecular weight is 678 g/mol. The average Bonchev–Trinajstić information content (AvgIpc) is 3.92. The Morgan fingerprint density at radius 1 is 0.980 bits per heavy atom. The minimum atomic E-state index is -1.34. The Labute approximate surface area is 286 Å². The highest BCUT2D eigenvalue weighted by atomic mass is 16.6. The van der Waals surface area contributed by atoms with Crippen LogP contribution in [0, 0.1) is 11.8 Å². The Kier molecular flexibility index (Phi) is 9.72. The van der Waals surface area contributed by atoms with Gasteiger partial charge in [-0.25, -0.2) is 9.59 Å². The predicted molar refractivity (Wildman–Crippen MR) is 176 cm³/mol. The van der Waals surface area contributed by atoms with Crippen LogP contribution < -0.4 is 16.0 Å². The first-order chi connectivity index (χ1) is 23.3. The lowest BCUT2D eigenvalue weighted by molar-refractivity contribution is -0.141. The zero-order valence-electron chi connectivity index (χ0n) is 28.5. The van der Waals surface area contributed by atoms with Gasteiger partial charge in [-0.05, 0) is 70.4 Å². The second kappa shape index (κ2) is 13.8. The highest BCUT2D eigenvalue weighted by Gasteiger charge is 2.61. The summed E-state index contributed by atoms with van der Waals surface area (Å²) in [6.45, 7) is 5.90. The molecule has 13 heteroatoms. The number of nitrogens with zero attached hydrogens (tertiary/aromatic N) is 2. The van der Waals surface area contributed by atoms with Gasteiger partial charge in [0.2, 0.25) is 17.7 Å². The van der Waals surface area contributed by atoms with Gasteiger partial charge in [0, 0.05) is 31.3 Å². The van der Waals surface area contributed by atoms with Gasteiger partial charge in [-0.3, -0.25) is 29.4 Å². The maximum Gasteiger partial charge on any atom is 0.410 e. The maximum absolute atomic E-state index is 14.3. The lowest BCUT2D eigenvalue weighted by Crippen LogP contribution is -2.58. The first kappa shape index (κ1) is 34.4. The third-order valence-electron chi connectivity index (χ3n) is 9.89. The van der Waals surface area contributed by atoms with Gasteiger partial charge in [-0.15, -0.1) is 0 Å². The van der Waals surface area contributed by atoms with Crippen LogP contribution in [-0.2, 0) is 41.7 Å². The Morgan fingerprint density at radius 3 is 2.37 bits per heavy atom. The van der Waals surface area contributed by atoms with Gasteiger partial charge in [-0.1, -0.05) is 49.3 Å². The van der Waals surface area contributed by atoms with Crippen molar-refractivity contribution in [3.8, 4) is 0 Å². The normalized spacial score (nSPS) is 29.2. The van der Waals surface area contributed by atoms with E-state index in [4.69, 9.17) is 9.47 Å². The summed E-state index contributed by atoms with van der Waals surface area (Å²) in [7, 11) is 0. The van der Waals surface area contributed by atoms with Gasteiger partial charge in [0.1, 0.15) is 29.3 Å². The molecule has 1 aromatic carbocycles. The number of rotatable bonds is 4. The first-order valence-electron chi connectivity index (χ1n) is 17.5. The summed E-state index contributed by atoms with van der Waals surface area (Å²) in [6.07, 6.45) is 6.88. The number of carbonyl (C=O) groups is 6. The molecule has 3 heterocycles. The van der Waals surface area contributed by atoms with Crippen LogP contribution in [0.5, 0.6) is 0 Å². The van der Waals surface area contributed by atoms with Crippen LogP contribution in [0.3, 0.4) is 0 Å². The molecule has 5 aliphatic rings. The molecule has 5 atom stereocenters. The van der Waals surface area contributed by atoms with E-state index in [2.05, 4.69) is 16.0 Å². The molecule has 0 aromatic heterocycles. The number of amides is 6. The summed E-state index contributed by atoms with van der Waals surface area (Å²) >= 11 is 0. The minimum Gasteiger partial charge on any atom is -0.444 e. The smallest absolute Gasteiger partial charge is 0.410 e. The summed E-state index contributed by atoms with van der Waals surface area (Å²) in [5, 5.41) is 8.14. The van der Waals surface area contributed by atoms with Gasteiger partial charge in [0.05, 0.1) is 6.54 Å². The van der Waals surface area contributed by atoms with E-state index in [1.54, 1.807) is 25.7 Å². The second-order valence-electron chi connectivity index (χ2n) is 15.0. The van der Waals surface area contributed by atoms with Gasteiger partial charge in [-0.2, -0.15) is 0 Å². The molecule has 6 rings (SSSR count). The number of alkyl carbamates (subject to hydrolysis) is 1. The fourth-order valence-corrected chi connectivity index (χ4v) is 6.97. The van der Waals surface area contributed by atoms with E-state index in [0.29, 0.717) is 32.4 Å². The molecule has 0 spiro atoms. The summed E-state index contributed by atoms with van der Waals surface area (Å²) in [6, 6.07) is 5.66. The lowest BCUT2D eigenvalue weighted by atomic mass is 10.0. The van der Waals surface area contributed by atoms with Crippen molar-refractivity contribution in [1.29, 1.82) is 0 Å². The molecule has 1 aromatic rings. The third-order valence-corrected chi connectivity index (χ3v) is 9.89. The molecule has 264 valence electrons. The van der Waals surface area contributed by atoms with Crippen molar-refractivity contribution in [3.63, 3.8) is 0 Å². The number of hydrogen-bond donors (Lipinski definition) is 3. The molecule has 3 N–H and O–H groups in total. The predicted octanol–water partition coefficient (Wildman–Crippen LogP) is 3.45. The summed E-state index contributed by atoms with van der Waals surface area (Å²) in [4.78, 5) is 83.6. The number of allylic oxidation sites excluding steroid dienone is 1. The lowest BCUT2D eigenvalue weighted by Gasteiger charge is -2.30. The number of nitrogens with one attached hydrogen (secondary N) is 3. The number of ether oxygens (including phenoxy) is 2. The molecule has 13 nitrogen and oxygen atoms in total. The Morgan fingerprint density at radius 2 is 1.69 bits per heavy atom. The largest absolute Gasteiger partial charge is 0.444 e. The van der Waals surface area contributed by atoms with Crippen molar-refractivity contribution < 1.29 is 38.2 Å². The van der Waals surface area contributed by atoms with Crippen molar-refractivity contribution in [2.45, 2.75) is 121 Å². The summed E-state index contributed by atoms with van der Waals surface area (Å²) < 4.78 is 11.4. The molecule has 3 aliphatic heterocycles. The maximum atomic E-state index is 14.3. The SMILES string of the molecule is CC(C)(C)OC(=O)N[C@H]1CCCCC/C=C\[C@@H]2C[C@@]2(C(=O)NC(=O)C2CC2)NC(=O)[C@@H]2C[C@@H](OC(=O)N3Cc4ccccc4C3)CN2C1=O. The molecule has 1 saturated heterocycles. The molecule has 6 amide bonds. The number of hydrogen-bond acceptors (Lipinski definition) is 8. The third kappa shape index (κ3) is 8.08. The van der Waals surface area contributed by atoms with Crippen molar-refractivity contribution >= 4 is 35.8 Å². The molecule has 0 radical (unpaired) electrons. The Balaban J connectivity index is 1.24. The van der Waals surface area contributed by atoms with Crippen LogP contribution in [0.4, 0.5) is 9.59 Å². The molecule has 49 heavy (non-hydrogen) atoms. The molecular weight excluding hydrogens is 630 g/mol. The minimum absolute atomic E-state index is 0.00245. The molecular formula is C36H47N5O8. The van der Waals surface area contributed by atoms with Gasteiger partial charge >= 0.3 is 12.2 Å². The van der Waals surface area contributed by atoms with E-state index in [9.17, 15) is 28.8 Å². The number of carbonyl (C=O) groups excluding carboxylic acids is 6. The number of benzene rings is 1. The fraction of sp³-hybridized carbons (Fsp3) is 0.611. The standard InChI is InChI=1S/C36H47N5O8/c1-35(2,3)49-33(46)37-27-14-8-6-4-5-7-13-25-18-36(25,32(45)38-29(42)22-15-16-22)39-30(43)28-17-26(21-41(28)31(27)44)48-34(47)40-19-23-11-9-10-12-24(23)20-40/h7,9-13,22,25-28H,4-6,8,14-21H2,1-3H3,(H,37,46)(H,39,43)(H,38,42,45)/b13-7-/t25-,26-,27+,28+,36-/m1/s1. The molecule has 3 fully saturated rings. The highest BCUT2D eigenvalue weighted by molar-refractivity contribution is 6.06. The number of fused-ring (bicyclic) bond motifs is 3. The molecule has 0 unspecified atom stereocenters. The highest BCUT2D eigenvalue weighted by Crippen LogP contribution is 2.46. The molecule has 2 saturated carbocycles. The van der Waals surface area contributed by atoms with Crippen LogP contribution in [-0.4, -0.2) is 81.5 Å². The van der Waals surface area contributed by atoms with Crippen LogP contribution in [0.1, 0.15) is 89.7 Å². The van der Waals surface area contributed by atoms with Gasteiger partial charge in [0.15, 0.2) is 0 Å². The fourth-order valence-electron chi connectivity index (χ4n) is 6.97. The van der Waals surface area contributed by atoms with Gasteiger partial charge < -0.3 is 25.0 Å². The van der Waals surface area contributed by atoms with Crippen LogP contribution in [0.2, 0.25) is 0 Å². The quantitative estimate of drug-likeness (QED) is 0.322. The van der Waals surface area contributed by atoms with E-state index in [1.165, 1.54) is 4.90 Å². The van der Waals surface area contributed by atoms with Crippen LogP contribution in [0.15, 0.2) is 36.4 Å².